The number of hydrogen-bond acceptors (Lipinski definition) is 4. The second kappa shape index (κ2) is 8.33. The molecule has 2 aromatic carbocycles. The molecule has 0 aromatic heterocycles. The van der Waals surface area contributed by atoms with E-state index in [2.05, 4.69) is 5.32 Å². The van der Waals surface area contributed by atoms with E-state index in [1.54, 1.807) is 32.0 Å². The third-order valence-electron chi connectivity index (χ3n) is 6.30. The molecule has 7 nitrogen and oxygen atoms in total. The van der Waals surface area contributed by atoms with Gasteiger partial charge < -0.3 is 10.2 Å². The number of sulfonamides is 1. The van der Waals surface area contributed by atoms with Gasteiger partial charge >= 0.3 is 0 Å². The highest BCUT2D eigenvalue weighted by atomic mass is 32.2. The van der Waals surface area contributed by atoms with Crippen LogP contribution in [0.5, 0.6) is 0 Å². The van der Waals surface area contributed by atoms with Gasteiger partial charge in [0.15, 0.2) is 0 Å². The van der Waals surface area contributed by atoms with Crippen molar-refractivity contribution in [1.82, 2.24) is 4.31 Å². The Labute approximate surface area is 189 Å². The lowest BCUT2D eigenvalue weighted by Crippen LogP contribution is -2.40. The normalized spacial score (nSPS) is 18.5. The highest BCUT2D eigenvalue weighted by Crippen LogP contribution is 2.42. The predicted molar refractivity (Wildman–Crippen MR) is 124 cm³/mol. The molecule has 0 atom stereocenters. The fourth-order valence-corrected chi connectivity index (χ4v) is 5.91. The fourth-order valence-electron chi connectivity index (χ4n) is 4.37. The number of hydrogen-bond donors (Lipinski definition) is 1. The minimum atomic E-state index is -3.61. The maximum atomic E-state index is 13.2. The summed E-state index contributed by atoms with van der Waals surface area (Å²) < 4.78 is 27.8. The third-order valence-corrected chi connectivity index (χ3v) is 8.20. The van der Waals surface area contributed by atoms with Gasteiger partial charge in [-0.25, -0.2) is 8.42 Å². The van der Waals surface area contributed by atoms with Crippen molar-refractivity contribution in [3.05, 3.63) is 53.6 Å². The molecule has 0 bridgehead atoms. The molecule has 1 fully saturated rings. The molecule has 170 valence electrons. The monoisotopic (exact) mass is 455 g/mol. The minimum Gasteiger partial charge on any atom is -0.325 e. The van der Waals surface area contributed by atoms with Crippen LogP contribution < -0.4 is 10.2 Å². The molecular weight excluding hydrogens is 426 g/mol. The molecule has 2 aliphatic rings. The zero-order valence-electron chi connectivity index (χ0n) is 18.7. The Bertz CT molecular complexity index is 1150. The van der Waals surface area contributed by atoms with Crippen molar-refractivity contribution < 1.29 is 18.0 Å². The van der Waals surface area contributed by atoms with Gasteiger partial charge in [-0.2, -0.15) is 4.31 Å². The van der Waals surface area contributed by atoms with Gasteiger partial charge in [0, 0.05) is 24.5 Å². The number of carbonyl (C=O) groups excluding carboxylic acids is 2. The Kier molecular flexibility index (Phi) is 5.85. The predicted octanol–water partition coefficient (Wildman–Crippen LogP) is 3.43. The van der Waals surface area contributed by atoms with E-state index in [0.717, 1.165) is 24.8 Å². The number of benzene rings is 2. The third kappa shape index (κ3) is 4.04. The van der Waals surface area contributed by atoms with Gasteiger partial charge in [0.2, 0.25) is 21.8 Å². The van der Waals surface area contributed by atoms with E-state index in [1.807, 2.05) is 31.2 Å². The number of amides is 2. The van der Waals surface area contributed by atoms with E-state index in [0.29, 0.717) is 30.0 Å². The molecule has 4 rings (SSSR count). The summed E-state index contributed by atoms with van der Waals surface area (Å²) in [5, 5.41) is 2.82. The lowest BCUT2D eigenvalue weighted by Gasteiger charge is -2.26. The van der Waals surface area contributed by atoms with E-state index < -0.39 is 15.4 Å². The molecule has 2 heterocycles. The summed E-state index contributed by atoms with van der Waals surface area (Å²) in [4.78, 5) is 27.4. The Morgan fingerprint density at radius 2 is 1.69 bits per heavy atom. The average Bonchev–Trinajstić information content (AvgIpc) is 2.96. The molecule has 0 unspecified atom stereocenters. The number of aryl methyl sites for hydroxylation is 1. The van der Waals surface area contributed by atoms with Crippen LogP contribution in [0.4, 0.5) is 11.4 Å². The zero-order valence-corrected chi connectivity index (χ0v) is 19.5. The Morgan fingerprint density at radius 3 is 2.34 bits per heavy atom. The first kappa shape index (κ1) is 22.5. The molecule has 1 N–H and O–H groups in total. The highest BCUT2D eigenvalue weighted by Gasteiger charge is 2.45. The first-order valence-corrected chi connectivity index (χ1v) is 12.4. The number of nitrogens with zero attached hydrogens (tertiary/aromatic N) is 2. The second-order valence-electron chi connectivity index (χ2n) is 9.07. The summed E-state index contributed by atoms with van der Waals surface area (Å²) in [6.45, 7) is 6.40. The lowest BCUT2D eigenvalue weighted by molar-refractivity contribution is -0.124. The number of fused-ring (bicyclic) bond motifs is 1. The SMILES string of the molecule is Cc1ccc(NC(=O)CN2C(=O)C(C)(C)c3cc(S(=O)(=O)N4CCCCC4)ccc32)cc1. The Balaban J connectivity index is 1.59. The molecule has 0 spiro atoms. The molecule has 0 radical (unpaired) electrons. The topological polar surface area (TPSA) is 86.8 Å². The van der Waals surface area contributed by atoms with Gasteiger partial charge in [-0.3, -0.25) is 9.59 Å². The van der Waals surface area contributed by atoms with Crippen LogP contribution in [0.15, 0.2) is 47.4 Å². The van der Waals surface area contributed by atoms with Crippen LogP contribution in [-0.2, 0) is 25.0 Å². The van der Waals surface area contributed by atoms with E-state index in [9.17, 15) is 18.0 Å². The number of anilines is 2. The molecular formula is C24H29N3O4S. The smallest absolute Gasteiger partial charge is 0.244 e. The molecule has 2 amide bonds. The van der Waals surface area contributed by atoms with Crippen LogP contribution in [-0.4, -0.2) is 44.2 Å². The van der Waals surface area contributed by atoms with Crippen LogP contribution in [0.2, 0.25) is 0 Å². The van der Waals surface area contributed by atoms with Gasteiger partial charge in [-0.15, -0.1) is 0 Å². The van der Waals surface area contributed by atoms with E-state index in [4.69, 9.17) is 0 Å². The molecule has 0 aliphatic carbocycles. The average molecular weight is 456 g/mol. The molecule has 2 aliphatic heterocycles. The van der Waals surface area contributed by atoms with Crippen LogP contribution in [0.1, 0.15) is 44.2 Å². The van der Waals surface area contributed by atoms with E-state index in [1.165, 1.54) is 9.21 Å². The molecule has 8 heteroatoms. The maximum absolute atomic E-state index is 13.2. The fraction of sp³-hybridized carbons (Fsp3) is 0.417. The Morgan fingerprint density at radius 1 is 1.03 bits per heavy atom. The quantitative estimate of drug-likeness (QED) is 0.748. The van der Waals surface area contributed by atoms with Crippen molar-refractivity contribution in [1.29, 1.82) is 0 Å². The highest BCUT2D eigenvalue weighted by molar-refractivity contribution is 7.89. The van der Waals surface area contributed by atoms with Crippen LogP contribution in [0.3, 0.4) is 0 Å². The summed E-state index contributed by atoms with van der Waals surface area (Å²) in [5.41, 5.74) is 2.03. The van der Waals surface area contributed by atoms with Gasteiger partial charge in [0.25, 0.3) is 0 Å². The van der Waals surface area contributed by atoms with Crippen molar-refractivity contribution >= 4 is 33.2 Å². The number of piperidine rings is 1. The van der Waals surface area contributed by atoms with Gasteiger partial charge in [-0.1, -0.05) is 24.1 Å². The Hall–Kier alpha value is -2.71. The summed E-state index contributed by atoms with van der Waals surface area (Å²) in [5.74, 6) is -0.532. The molecule has 2 aromatic rings. The standard InChI is InChI=1S/C24H29N3O4S/c1-17-7-9-18(10-8-17)25-22(28)16-27-21-12-11-19(15-20(21)24(2,3)23(27)29)32(30,31)26-13-5-4-6-14-26/h7-12,15H,4-6,13-14,16H2,1-3H3,(H,25,28). The number of rotatable bonds is 5. The summed E-state index contributed by atoms with van der Waals surface area (Å²) >= 11 is 0. The molecule has 0 saturated carbocycles. The first-order valence-electron chi connectivity index (χ1n) is 10.9. The summed E-state index contributed by atoms with van der Waals surface area (Å²) in [7, 11) is -3.61. The zero-order chi connectivity index (χ0) is 23.1. The largest absolute Gasteiger partial charge is 0.325 e. The molecule has 32 heavy (non-hydrogen) atoms. The molecule has 1 saturated heterocycles. The summed E-state index contributed by atoms with van der Waals surface area (Å²) in [6, 6.07) is 12.2. The van der Waals surface area contributed by atoms with Crippen molar-refractivity contribution in [2.24, 2.45) is 0 Å². The second-order valence-corrected chi connectivity index (χ2v) is 11.0. The minimum absolute atomic E-state index is 0.138. The van der Waals surface area contributed by atoms with Crippen LogP contribution in [0.25, 0.3) is 0 Å². The van der Waals surface area contributed by atoms with Crippen molar-refractivity contribution in [3.8, 4) is 0 Å². The van der Waals surface area contributed by atoms with E-state index >= 15 is 0 Å². The van der Waals surface area contributed by atoms with Crippen LogP contribution >= 0.6 is 0 Å². The van der Waals surface area contributed by atoms with Crippen LogP contribution in [0, 0.1) is 6.92 Å². The first-order chi connectivity index (χ1) is 15.1. The van der Waals surface area contributed by atoms with Gasteiger partial charge in [0.05, 0.1) is 10.3 Å². The summed E-state index contributed by atoms with van der Waals surface area (Å²) in [6.07, 6.45) is 2.76. The number of carbonyl (C=O) groups is 2. The van der Waals surface area contributed by atoms with Gasteiger partial charge in [0.1, 0.15) is 6.54 Å². The van der Waals surface area contributed by atoms with Crippen molar-refractivity contribution in [2.75, 3.05) is 29.9 Å². The lowest BCUT2D eigenvalue weighted by atomic mass is 9.86. The van der Waals surface area contributed by atoms with E-state index in [-0.39, 0.29) is 23.3 Å². The number of nitrogens with one attached hydrogen (secondary N) is 1. The van der Waals surface area contributed by atoms with Gasteiger partial charge in [-0.05, 0) is 69.5 Å². The van der Waals surface area contributed by atoms with Crippen molar-refractivity contribution in [3.63, 3.8) is 0 Å². The van der Waals surface area contributed by atoms with Crippen molar-refractivity contribution in [2.45, 2.75) is 50.3 Å². The maximum Gasteiger partial charge on any atom is 0.244 e.